The van der Waals surface area contributed by atoms with Crippen LogP contribution in [0.2, 0.25) is 5.02 Å². The third kappa shape index (κ3) is 5.92. The molecule has 34 heavy (non-hydrogen) atoms. The molecule has 0 aliphatic carbocycles. The summed E-state index contributed by atoms with van der Waals surface area (Å²) in [4.78, 5) is 26.7. The smallest absolute Gasteiger partial charge is 0.293 e. The lowest BCUT2D eigenvalue weighted by Gasteiger charge is -2.13. The molecule has 6 nitrogen and oxygen atoms in total. The zero-order valence-corrected chi connectivity index (χ0v) is 20.0. The monoisotopic (exact) mass is 495 g/mol. The number of benzene rings is 3. The summed E-state index contributed by atoms with van der Waals surface area (Å²) < 4.78 is 16.9. The second-order valence-electron chi connectivity index (χ2n) is 7.32. The highest BCUT2D eigenvalue weighted by molar-refractivity contribution is 8.18. The molecule has 0 aromatic heterocycles. The number of thioether (sulfide) groups is 1. The number of nitrogens with zero attached hydrogens (tertiary/aromatic N) is 1. The summed E-state index contributed by atoms with van der Waals surface area (Å²) in [5.74, 6) is 1.45. The van der Waals surface area contributed by atoms with Crippen LogP contribution in [-0.4, -0.2) is 36.3 Å². The normalized spacial score (nSPS) is 14.5. The average molecular weight is 496 g/mol. The minimum atomic E-state index is -0.339. The van der Waals surface area contributed by atoms with Gasteiger partial charge in [0.2, 0.25) is 0 Å². The van der Waals surface area contributed by atoms with Crippen LogP contribution < -0.4 is 14.2 Å². The predicted molar refractivity (Wildman–Crippen MR) is 133 cm³/mol. The van der Waals surface area contributed by atoms with E-state index in [1.807, 2.05) is 48.5 Å². The van der Waals surface area contributed by atoms with Crippen LogP contribution in [0.5, 0.6) is 17.2 Å². The standard InChI is InChI=1S/C26H22ClNO5S/c1-31-23-15-19(9-12-22(23)33-17-18-7-10-20(27)11-8-18)16-24-25(29)28(26(30)34-24)13-14-32-21-5-3-2-4-6-21/h2-12,15-16H,13-14,17H2,1H3/b24-16-. The van der Waals surface area contributed by atoms with Crippen molar-refractivity contribution in [1.82, 2.24) is 4.90 Å². The highest BCUT2D eigenvalue weighted by Gasteiger charge is 2.34. The third-order valence-electron chi connectivity index (χ3n) is 4.99. The first-order chi connectivity index (χ1) is 16.5. The van der Waals surface area contributed by atoms with Crippen LogP contribution in [0.4, 0.5) is 4.79 Å². The summed E-state index contributed by atoms with van der Waals surface area (Å²) in [5, 5.41) is 0.349. The quantitative estimate of drug-likeness (QED) is 0.337. The summed E-state index contributed by atoms with van der Waals surface area (Å²) in [6.07, 6.45) is 1.68. The molecule has 4 rings (SSSR count). The van der Waals surface area contributed by atoms with E-state index < -0.39 is 0 Å². The molecule has 1 aliphatic heterocycles. The van der Waals surface area contributed by atoms with Crippen molar-refractivity contribution < 1.29 is 23.8 Å². The molecule has 1 aliphatic rings. The van der Waals surface area contributed by atoms with Gasteiger partial charge in [-0.1, -0.05) is 48.0 Å². The van der Waals surface area contributed by atoms with Gasteiger partial charge in [-0.15, -0.1) is 0 Å². The predicted octanol–water partition coefficient (Wildman–Crippen LogP) is 6.04. The molecule has 8 heteroatoms. The van der Waals surface area contributed by atoms with E-state index in [0.717, 1.165) is 22.9 Å². The molecule has 0 spiro atoms. The first kappa shape index (κ1) is 23.7. The molecule has 3 aromatic rings. The van der Waals surface area contributed by atoms with E-state index in [2.05, 4.69) is 0 Å². The van der Waals surface area contributed by atoms with Crippen molar-refractivity contribution in [3.8, 4) is 17.2 Å². The van der Waals surface area contributed by atoms with Gasteiger partial charge in [-0.05, 0) is 65.4 Å². The average Bonchev–Trinajstić information content (AvgIpc) is 3.12. The van der Waals surface area contributed by atoms with Crippen LogP contribution >= 0.6 is 23.4 Å². The fourth-order valence-corrected chi connectivity index (χ4v) is 4.24. The second kappa shape index (κ2) is 11.1. The van der Waals surface area contributed by atoms with Gasteiger partial charge in [0.25, 0.3) is 11.1 Å². The molecule has 1 fully saturated rings. The molecule has 0 bridgehead atoms. The van der Waals surface area contributed by atoms with Gasteiger partial charge in [0, 0.05) is 5.02 Å². The first-order valence-corrected chi connectivity index (χ1v) is 11.7. The first-order valence-electron chi connectivity index (χ1n) is 10.5. The van der Waals surface area contributed by atoms with E-state index in [-0.39, 0.29) is 24.3 Å². The molecular formula is C26H22ClNO5S. The Labute approximate surface area is 207 Å². The number of methoxy groups -OCH3 is 1. The molecule has 174 valence electrons. The maximum absolute atomic E-state index is 12.8. The molecule has 1 saturated heterocycles. The molecule has 2 amide bonds. The molecule has 0 radical (unpaired) electrons. The van der Waals surface area contributed by atoms with E-state index in [4.69, 9.17) is 25.8 Å². The number of amides is 2. The van der Waals surface area contributed by atoms with Crippen LogP contribution in [0.25, 0.3) is 6.08 Å². The number of imide groups is 1. The Morgan fingerprint density at radius 1 is 0.941 bits per heavy atom. The summed E-state index contributed by atoms with van der Waals surface area (Å²) in [7, 11) is 1.55. The number of hydrogen-bond donors (Lipinski definition) is 0. The third-order valence-corrected chi connectivity index (χ3v) is 6.15. The summed E-state index contributed by atoms with van der Waals surface area (Å²) in [6, 6.07) is 22.0. The topological polar surface area (TPSA) is 65.1 Å². The van der Waals surface area contributed by atoms with E-state index in [9.17, 15) is 9.59 Å². The lowest BCUT2D eigenvalue weighted by atomic mass is 10.1. The number of carbonyl (C=O) groups excluding carboxylic acids is 2. The van der Waals surface area contributed by atoms with Crippen molar-refractivity contribution in [2.45, 2.75) is 6.61 Å². The Balaban J connectivity index is 1.39. The zero-order valence-electron chi connectivity index (χ0n) is 18.4. The second-order valence-corrected chi connectivity index (χ2v) is 8.75. The largest absolute Gasteiger partial charge is 0.493 e. The number of ether oxygens (including phenoxy) is 3. The lowest BCUT2D eigenvalue weighted by Crippen LogP contribution is -2.32. The van der Waals surface area contributed by atoms with Crippen LogP contribution in [0.3, 0.4) is 0 Å². The Morgan fingerprint density at radius 2 is 1.71 bits per heavy atom. The minimum absolute atomic E-state index is 0.178. The van der Waals surface area contributed by atoms with Crippen LogP contribution in [0, 0.1) is 0 Å². The minimum Gasteiger partial charge on any atom is -0.493 e. The molecule has 0 atom stereocenters. The maximum atomic E-state index is 12.8. The van der Waals surface area contributed by atoms with Crippen LogP contribution in [0.1, 0.15) is 11.1 Å². The number of rotatable bonds is 9. The zero-order chi connectivity index (χ0) is 23.9. The number of para-hydroxylation sites is 1. The van der Waals surface area contributed by atoms with E-state index in [1.54, 1.807) is 37.5 Å². The summed E-state index contributed by atoms with van der Waals surface area (Å²) >= 11 is 6.83. The van der Waals surface area contributed by atoms with Crippen molar-refractivity contribution in [2.75, 3.05) is 20.3 Å². The molecule has 0 N–H and O–H groups in total. The maximum Gasteiger partial charge on any atom is 0.293 e. The van der Waals surface area contributed by atoms with Gasteiger partial charge >= 0.3 is 0 Å². The summed E-state index contributed by atoms with van der Waals surface area (Å²) in [5.41, 5.74) is 1.70. The highest BCUT2D eigenvalue weighted by Crippen LogP contribution is 2.34. The molecular weight excluding hydrogens is 474 g/mol. The Hall–Kier alpha value is -3.42. The van der Waals surface area contributed by atoms with E-state index in [0.29, 0.717) is 33.8 Å². The van der Waals surface area contributed by atoms with Gasteiger partial charge in [-0.3, -0.25) is 14.5 Å². The number of halogens is 1. The van der Waals surface area contributed by atoms with Gasteiger partial charge in [0.05, 0.1) is 18.6 Å². The lowest BCUT2D eigenvalue weighted by molar-refractivity contribution is -0.123. The van der Waals surface area contributed by atoms with Crippen molar-refractivity contribution in [3.05, 3.63) is 93.9 Å². The van der Waals surface area contributed by atoms with Gasteiger partial charge in [0.15, 0.2) is 11.5 Å². The van der Waals surface area contributed by atoms with E-state index >= 15 is 0 Å². The van der Waals surface area contributed by atoms with Gasteiger partial charge in [-0.2, -0.15) is 0 Å². The molecule has 0 unspecified atom stereocenters. The molecule has 0 saturated carbocycles. The SMILES string of the molecule is COc1cc(/C=C2\SC(=O)N(CCOc3ccccc3)C2=O)ccc1OCc1ccc(Cl)cc1. The van der Waals surface area contributed by atoms with Gasteiger partial charge in [0.1, 0.15) is 19.0 Å². The van der Waals surface area contributed by atoms with Gasteiger partial charge in [-0.25, -0.2) is 0 Å². The fraction of sp³-hybridized carbons (Fsp3) is 0.154. The summed E-state index contributed by atoms with van der Waals surface area (Å²) in [6.45, 7) is 0.761. The highest BCUT2D eigenvalue weighted by atomic mass is 35.5. The van der Waals surface area contributed by atoms with Crippen LogP contribution in [0.15, 0.2) is 77.7 Å². The van der Waals surface area contributed by atoms with Crippen molar-refractivity contribution in [3.63, 3.8) is 0 Å². The number of hydrogen-bond acceptors (Lipinski definition) is 6. The van der Waals surface area contributed by atoms with Crippen molar-refractivity contribution in [1.29, 1.82) is 0 Å². The van der Waals surface area contributed by atoms with Crippen LogP contribution in [-0.2, 0) is 11.4 Å². The molecule has 3 aromatic carbocycles. The van der Waals surface area contributed by atoms with Crippen molar-refractivity contribution in [2.24, 2.45) is 0 Å². The van der Waals surface area contributed by atoms with Gasteiger partial charge < -0.3 is 14.2 Å². The fourth-order valence-electron chi connectivity index (χ4n) is 3.25. The van der Waals surface area contributed by atoms with Crippen molar-refractivity contribution >= 4 is 40.6 Å². The Kier molecular flexibility index (Phi) is 7.77. The number of carbonyl (C=O) groups is 2. The Morgan fingerprint density at radius 3 is 2.44 bits per heavy atom. The molecule has 1 heterocycles. The Bertz CT molecular complexity index is 1200. The van der Waals surface area contributed by atoms with E-state index in [1.165, 1.54) is 4.90 Å².